The molecule has 0 fully saturated rings. The van der Waals surface area contributed by atoms with E-state index in [9.17, 15) is 4.79 Å². The van der Waals surface area contributed by atoms with E-state index in [-0.39, 0.29) is 5.76 Å². The first kappa shape index (κ1) is 19.7. The molecule has 0 atom stereocenters. The standard InChI is InChI=1S/C21H19BrN2O4/c1-2-26-19-12-16(13-23-24-21(25)18-9-6-10-27-18)11-17(22)20(19)28-14-15-7-4-3-5-8-15/h3-13H,2,14H2,1H3,(H,24,25)/b23-13-. The fraction of sp³-hybridized carbons (Fsp3) is 0.143. The first-order chi connectivity index (χ1) is 13.7. The number of hydrogen-bond donors (Lipinski definition) is 1. The predicted molar refractivity (Wildman–Crippen MR) is 110 cm³/mol. The number of rotatable bonds is 8. The quantitative estimate of drug-likeness (QED) is 0.402. The van der Waals surface area contributed by atoms with Crippen molar-refractivity contribution in [2.45, 2.75) is 13.5 Å². The van der Waals surface area contributed by atoms with Crippen LogP contribution in [0.2, 0.25) is 0 Å². The Balaban J connectivity index is 1.72. The molecule has 7 heteroatoms. The summed E-state index contributed by atoms with van der Waals surface area (Å²) in [6.45, 7) is 2.81. The van der Waals surface area contributed by atoms with Crippen LogP contribution < -0.4 is 14.9 Å². The summed E-state index contributed by atoms with van der Waals surface area (Å²) in [6.07, 6.45) is 2.95. The van der Waals surface area contributed by atoms with Gasteiger partial charge < -0.3 is 13.9 Å². The highest BCUT2D eigenvalue weighted by Gasteiger charge is 2.12. The number of carbonyl (C=O) groups is 1. The first-order valence-electron chi connectivity index (χ1n) is 8.67. The smallest absolute Gasteiger partial charge is 0.307 e. The van der Waals surface area contributed by atoms with Crippen LogP contribution in [0.5, 0.6) is 11.5 Å². The Morgan fingerprint density at radius 2 is 2.00 bits per heavy atom. The molecule has 1 aromatic heterocycles. The Kier molecular flexibility index (Phi) is 6.86. The van der Waals surface area contributed by atoms with Crippen LogP contribution in [-0.2, 0) is 6.61 Å². The van der Waals surface area contributed by atoms with E-state index < -0.39 is 5.91 Å². The van der Waals surface area contributed by atoms with E-state index in [1.54, 1.807) is 18.2 Å². The van der Waals surface area contributed by atoms with Crippen molar-refractivity contribution in [3.8, 4) is 11.5 Å². The van der Waals surface area contributed by atoms with Gasteiger partial charge in [0, 0.05) is 0 Å². The molecule has 0 radical (unpaired) electrons. The van der Waals surface area contributed by atoms with Gasteiger partial charge in [0.25, 0.3) is 0 Å². The summed E-state index contributed by atoms with van der Waals surface area (Å²) in [5.41, 5.74) is 4.21. The van der Waals surface area contributed by atoms with Crippen LogP contribution >= 0.6 is 15.9 Å². The van der Waals surface area contributed by atoms with Crippen LogP contribution in [0.25, 0.3) is 0 Å². The summed E-state index contributed by atoms with van der Waals surface area (Å²) in [5, 5.41) is 3.96. The Morgan fingerprint density at radius 1 is 1.18 bits per heavy atom. The van der Waals surface area contributed by atoms with E-state index in [1.807, 2.05) is 43.3 Å². The lowest BCUT2D eigenvalue weighted by Gasteiger charge is -2.14. The lowest BCUT2D eigenvalue weighted by Crippen LogP contribution is -2.16. The van der Waals surface area contributed by atoms with Crippen LogP contribution in [0, 0.1) is 0 Å². The van der Waals surface area contributed by atoms with Crippen LogP contribution in [-0.4, -0.2) is 18.7 Å². The third-order valence-electron chi connectivity index (χ3n) is 3.68. The van der Waals surface area contributed by atoms with Gasteiger partial charge in [0.1, 0.15) is 6.61 Å². The topological polar surface area (TPSA) is 73.1 Å². The molecule has 0 aliphatic rings. The highest BCUT2D eigenvalue weighted by molar-refractivity contribution is 9.10. The van der Waals surface area contributed by atoms with E-state index in [0.717, 1.165) is 15.6 Å². The molecule has 2 aromatic carbocycles. The van der Waals surface area contributed by atoms with Crippen molar-refractivity contribution < 1.29 is 18.7 Å². The van der Waals surface area contributed by atoms with Crippen molar-refractivity contribution in [1.29, 1.82) is 0 Å². The third kappa shape index (κ3) is 5.23. The van der Waals surface area contributed by atoms with Gasteiger partial charge in [-0.15, -0.1) is 0 Å². The number of halogens is 1. The SMILES string of the molecule is CCOc1cc(/C=N\NC(=O)c2ccco2)cc(Br)c1OCc1ccccc1. The number of hydrazone groups is 1. The Hall–Kier alpha value is -3.06. The zero-order chi connectivity index (χ0) is 19.8. The minimum Gasteiger partial charge on any atom is -0.490 e. The van der Waals surface area contributed by atoms with Gasteiger partial charge in [-0.3, -0.25) is 4.79 Å². The molecule has 0 bridgehead atoms. The maximum atomic E-state index is 11.8. The fourth-order valence-corrected chi connectivity index (χ4v) is 3.00. The Bertz CT molecular complexity index is 941. The summed E-state index contributed by atoms with van der Waals surface area (Å²) in [7, 11) is 0. The van der Waals surface area contributed by atoms with Gasteiger partial charge in [0.2, 0.25) is 0 Å². The predicted octanol–water partition coefficient (Wildman–Crippen LogP) is 4.78. The third-order valence-corrected chi connectivity index (χ3v) is 4.27. The van der Waals surface area contributed by atoms with Crippen LogP contribution in [0.15, 0.2) is 74.9 Å². The number of carbonyl (C=O) groups excluding carboxylic acids is 1. The second kappa shape index (κ2) is 9.75. The minimum absolute atomic E-state index is 0.193. The van der Waals surface area contributed by atoms with Crippen molar-refractivity contribution in [2.75, 3.05) is 6.61 Å². The van der Waals surface area contributed by atoms with Crippen molar-refractivity contribution in [1.82, 2.24) is 5.43 Å². The molecule has 0 aliphatic heterocycles. The van der Waals surface area contributed by atoms with Crippen LogP contribution in [0.4, 0.5) is 0 Å². The van der Waals surface area contributed by atoms with E-state index in [0.29, 0.717) is 24.7 Å². The number of ether oxygens (including phenoxy) is 2. The summed E-state index contributed by atoms with van der Waals surface area (Å²) >= 11 is 3.52. The zero-order valence-electron chi connectivity index (χ0n) is 15.2. The summed E-state index contributed by atoms with van der Waals surface area (Å²) < 4.78 is 17.4. The summed E-state index contributed by atoms with van der Waals surface area (Å²) in [4.78, 5) is 11.8. The largest absolute Gasteiger partial charge is 0.490 e. The number of nitrogens with one attached hydrogen (secondary N) is 1. The number of benzene rings is 2. The van der Waals surface area contributed by atoms with Gasteiger partial charge in [-0.2, -0.15) is 5.10 Å². The van der Waals surface area contributed by atoms with E-state index in [2.05, 4.69) is 26.5 Å². The molecule has 144 valence electrons. The van der Waals surface area contributed by atoms with Gasteiger partial charge in [0.05, 0.1) is 23.6 Å². The van der Waals surface area contributed by atoms with E-state index >= 15 is 0 Å². The lowest BCUT2D eigenvalue weighted by atomic mass is 10.2. The highest BCUT2D eigenvalue weighted by atomic mass is 79.9. The molecule has 1 heterocycles. The maximum Gasteiger partial charge on any atom is 0.307 e. The molecule has 3 aromatic rings. The molecule has 0 aliphatic carbocycles. The lowest BCUT2D eigenvalue weighted by molar-refractivity contribution is 0.0927. The number of furan rings is 1. The highest BCUT2D eigenvalue weighted by Crippen LogP contribution is 2.37. The average Bonchev–Trinajstić information content (AvgIpc) is 3.23. The van der Waals surface area contributed by atoms with E-state index in [4.69, 9.17) is 13.9 Å². The molecule has 6 nitrogen and oxygen atoms in total. The second-order valence-corrected chi connectivity index (χ2v) is 6.57. The molecule has 1 amide bonds. The monoisotopic (exact) mass is 442 g/mol. The van der Waals surface area contributed by atoms with Gasteiger partial charge >= 0.3 is 5.91 Å². The van der Waals surface area contributed by atoms with Crippen LogP contribution in [0.1, 0.15) is 28.6 Å². The summed E-state index contributed by atoms with van der Waals surface area (Å²) in [5.74, 6) is 0.972. The maximum absolute atomic E-state index is 11.8. The fourth-order valence-electron chi connectivity index (χ4n) is 2.42. The molecule has 0 unspecified atom stereocenters. The Morgan fingerprint density at radius 3 is 2.71 bits per heavy atom. The van der Waals surface area contributed by atoms with Gasteiger partial charge in [-0.1, -0.05) is 30.3 Å². The number of amides is 1. The number of nitrogens with zero attached hydrogens (tertiary/aromatic N) is 1. The first-order valence-corrected chi connectivity index (χ1v) is 9.46. The molecular formula is C21H19BrN2O4. The van der Waals surface area contributed by atoms with Crippen molar-refractivity contribution in [2.24, 2.45) is 5.10 Å². The molecule has 0 saturated heterocycles. The molecule has 0 spiro atoms. The minimum atomic E-state index is -0.423. The molecule has 28 heavy (non-hydrogen) atoms. The van der Waals surface area contributed by atoms with Crippen molar-refractivity contribution in [3.05, 3.63) is 82.2 Å². The van der Waals surface area contributed by atoms with Crippen LogP contribution in [0.3, 0.4) is 0 Å². The van der Waals surface area contributed by atoms with Gasteiger partial charge in [-0.25, -0.2) is 5.43 Å². The summed E-state index contributed by atoms with van der Waals surface area (Å²) in [6, 6.07) is 16.7. The Labute approximate surface area is 171 Å². The average molecular weight is 443 g/mol. The second-order valence-electron chi connectivity index (χ2n) is 5.71. The van der Waals surface area contributed by atoms with Gasteiger partial charge in [-0.05, 0) is 58.2 Å². The van der Waals surface area contributed by atoms with Gasteiger partial charge in [0.15, 0.2) is 17.3 Å². The molecule has 3 rings (SSSR count). The molecule has 1 N–H and O–H groups in total. The number of hydrogen-bond acceptors (Lipinski definition) is 5. The van der Waals surface area contributed by atoms with E-state index in [1.165, 1.54) is 12.5 Å². The van der Waals surface area contributed by atoms with Crippen molar-refractivity contribution >= 4 is 28.1 Å². The zero-order valence-corrected chi connectivity index (χ0v) is 16.8. The molecular weight excluding hydrogens is 424 g/mol. The molecule has 0 saturated carbocycles. The van der Waals surface area contributed by atoms with Crippen molar-refractivity contribution in [3.63, 3.8) is 0 Å². The normalized spacial score (nSPS) is 10.8.